The largest absolute Gasteiger partial charge is 0.226 e. The first kappa shape index (κ1) is 18.4. The molecule has 0 radical (unpaired) electrons. The highest BCUT2D eigenvalue weighted by Gasteiger charge is 2.43. The summed E-state index contributed by atoms with van der Waals surface area (Å²) in [6.07, 6.45) is 7.55. The zero-order chi connectivity index (χ0) is 19.3. The van der Waals surface area contributed by atoms with Crippen molar-refractivity contribution in [3.8, 4) is 0 Å². The Bertz CT molecular complexity index is 962. The van der Waals surface area contributed by atoms with Crippen LogP contribution in [0.25, 0.3) is 11.6 Å². The third-order valence-corrected chi connectivity index (χ3v) is 10.4. The molecule has 0 aromatic heterocycles. The van der Waals surface area contributed by atoms with Crippen molar-refractivity contribution in [2.24, 2.45) is 0 Å². The van der Waals surface area contributed by atoms with Gasteiger partial charge in [0.1, 0.15) is 0 Å². The second-order valence-electron chi connectivity index (χ2n) is 8.46. The van der Waals surface area contributed by atoms with Crippen molar-refractivity contribution in [1.29, 1.82) is 0 Å². The van der Waals surface area contributed by atoms with Crippen LogP contribution in [0, 0.1) is 0 Å². The maximum Gasteiger partial charge on any atom is 0.0407 e. The SMILES string of the molecule is CC1=C(C)C(S(C)(C)C2C(c3ccccc3)=Cc3ccccc32)C(C)=C1C. The van der Waals surface area contributed by atoms with Crippen LogP contribution in [0.5, 0.6) is 0 Å². The van der Waals surface area contributed by atoms with Gasteiger partial charge in [-0.3, -0.25) is 0 Å². The molecule has 0 nitrogen and oxygen atoms in total. The highest BCUT2D eigenvalue weighted by molar-refractivity contribution is 8.33. The van der Waals surface area contributed by atoms with Crippen LogP contribution in [0.4, 0.5) is 0 Å². The normalized spacial score (nSPS) is 21.0. The lowest BCUT2D eigenvalue weighted by molar-refractivity contribution is 1.11. The molecule has 0 saturated carbocycles. The second-order valence-corrected chi connectivity index (χ2v) is 12.4. The highest BCUT2D eigenvalue weighted by Crippen LogP contribution is 2.69. The summed E-state index contributed by atoms with van der Waals surface area (Å²) in [7, 11) is -0.997. The van der Waals surface area contributed by atoms with Gasteiger partial charge in [0.25, 0.3) is 0 Å². The van der Waals surface area contributed by atoms with Crippen LogP contribution < -0.4 is 0 Å². The van der Waals surface area contributed by atoms with Crippen molar-refractivity contribution in [3.05, 3.63) is 93.6 Å². The smallest absolute Gasteiger partial charge is 0.0407 e. The molecular formula is C26H30S. The molecule has 2 aromatic rings. The van der Waals surface area contributed by atoms with Crippen LogP contribution >= 0.6 is 10.0 Å². The maximum absolute atomic E-state index is 2.56. The molecular weight excluding hydrogens is 344 g/mol. The highest BCUT2D eigenvalue weighted by atomic mass is 32.3. The summed E-state index contributed by atoms with van der Waals surface area (Å²) in [5.41, 5.74) is 12.0. The fourth-order valence-electron chi connectivity index (χ4n) is 5.17. The Balaban J connectivity index is 1.89. The molecule has 0 bridgehead atoms. The number of allylic oxidation sites excluding steroid dienone is 2. The molecule has 2 aliphatic rings. The van der Waals surface area contributed by atoms with E-state index in [1.165, 1.54) is 33.4 Å². The third kappa shape index (κ3) is 2.75. The van der Waals surface area contributed by atoms with E-state index in [2.05, 4.69) is 101 Å². The zero-order valence-electron chi connectivity index (χ0n) is 17.3. The summed E-state index contributed by atoms with van der Waals surface area (Å²) >= 11 is 0. The van der Waals surface area contributed by atoms with Gasteiger partial charge in [-0.25, -0.2) is 10.0 Å². The minimum absolute atomic E-state index is 0.477. The van der Waals surface area contributed by atoms with Crippen molar-refractivity contribution in [2.75, 3.05) is 12.5 Å². The minimum Gasteiger partial charge on any atom is -0.226 e. The molecule has 1 unspecified atom stereocenters. The van der Waals surface area contributed by atoms with E-state index in [1.807, 2.05) is 0 Å². The van der Waals surface area contributed by atoms with Crippen LogP contribution in [0.1, 0.15) is 49.6 Å². The van der Waals surface area contributed by atoms with Gasteiger partial charge in [-0.1, -0.05) is 65.7 Å². The maximum atomic E-state index is 2.56. The van der Waals surface area contributed by atoms with Gasteiger partial charge in [-0.05, 0) is 79.7 Å². The van der Waals surface area contributed by atoms with Crippen LogP contribution in [-0.2, 0) is 0 Å². The van der Waals surface area contributed by atoms with E-state index in [1.54, 1.807) is 11.1 Å². The number of hydrogen-bond acceptors (Lipinski definition) is 0. The molecule has 0 amide bonds. The fourth-order valence-corrected chi connectivity index (χ4v) is 9.34. The Kier molecular flexibility index (Phi) is 4.47. The fraction of sp³-hybridized carbons (Fsp3) is 0.308. The van der Waals surface area contributed by atoms with Gasteiger partial charge in [0.2, 0.25) is 0 Å². The first-order chi connectivity index (χ1) is 12.8. The summed E-state index contributed by atoms with van der Waals surface area (Å²) in [6.45, 7) is 9.34. The Labute approximate surface area is 166 Å². The van der Waals surface area contributed by atoms with E-state index in [0.29, 0.717) is 10.5 Å². The molecule has 2 aromatic carbocycles. The van der Waals surface area contributed by atoms with E-state index < -0.39 is 10.0 Å². The zero-order valence-corrected chi connectivity index (χ0v) is 18.2. The lowest BCUT2D eigenvalue weighted by Gasteiger charge is -2.47. The molecule has 1 heteroatoms. The second kappa shape index (κ2) is 6.56. The van der Waals surface area contributed by atoms with Gasteiger partial charge in [-0.2, -0.15) is 0 Å². The van der Waals surface area contributed by atoms with Crippen molar-refractivity contribution in [3.63, 3.8) is 0 Å². The Morgan fingerprint density at radius 2 is 1.22 bits per heavy atom. The molecule has 1 atom stereocenters. The number of rotatable bonds is 3. The van der Waals surface area contributed by atoms with E-state index in [-0.39, 0.29) is 0 Å². The van der Waals surface area contributed by atoms with Crippen molar-refractivity contribution in [1.82, 2.24) is 0 Å². The van der Waals surface area contributed by atoms with Crippen LogP contribution in [0.3, 0.4) is 0 Å². The Hall–Kier alpha value is -1.99. The Morgan fingerprint density at radius 1 is 0.667 bits per heavy atom. The molecule has 0 heterocycles. The summed E-state index contributed by atoms with van der Waals surface area (Å²) in [4.78, 5) is 0. The third-order valence-electron chi connectivity index (χ3n) is 6.73. The number of fused-ring (bicyclic) bond motifs is 1. The number of benzene rings is 2. The van der Waals surface area contributed by atoms with Crippen molar-refractivity contribution < 1.29 is 0 Å². The molecule has 0 fully saturated rings. The summed E-state index contributed by atoms with van der Waals surface area (Å²) < 4.78 is 0. The van der Waals surface area contributed by atoms with Gasteiger partial charge >= 0.3 is 0 Å². The summed E-state index contributed by atoms with van der Waals surface area (Å²) in [5.74, 6) is 0. The molecule has 4 rings (SSSR count). The van der Waals surface area contributed by atoms with Crippen molar-refractivity contribution >= 4 is 21.7 Å². The summed E-state index contributed by atoms with van der Waals surface area (Å²) in [6, 6.07) is 20.0. The molecule has 0 N–H and O–H groups in total. The topological polar surface area (TPSA) is 0 Å². The van der Waals surface area contributed by atoms with Gasteiger partial charge in [0.15, 0.2) is 0 Å². The minimum atomic E-state index is -0.997. The van der Waals surface area contributed by atoms with Gasteiger partial charge < -0.3 is 0 Å². The van der Waals surface area contributed by atoms with Gasteiger partial charge in [0, 0.05) is 10.5 Å². The molecule has 140 valence electrons. The number of hydrogen-bond donors (Lipinski definition) is 0. The van der Waals surface area contributed by atoms with Crippen LogP contribution in [-0.4, -0.2) is 17.8 Å². The van der Waals surface area contributed by atoms with E-state index in [9.17, 15) is 0 Å². The lowest BCUT2D eigenvalue weighted by Crippen LogP contribution is -2.23. The van der Waals surface area contributed by atoms with Gasteiger partial charge in [0.05, 0.1) is 0 Å². The Morgan fingerprint density at radius 3 is 1.85 bits per heavy atom. The molecule has 0 aliphatic heterocycles. The molecule has 27 heavy (non-hydrogen) atoms. The monoisotopic (exact) mass is 374 g/mol. The first-order valence-electron chi connectivity index (χ1n) is 9.76. The predicted molar refractivity (Wildman–Crippen MR) is 123 cm³/mol. The summed E-state index contributed by atoms with van der Waals surface area (Å²) in [5, 5.41) is 1.05. The van der Waals surface area contributed by atoms with Crippen LogP contribution in [0.15, 0.2) is 76.9 Å². The van der Waals surface area contributed by atoms with Gasteiger partial charge in [-0.15, -0.1) is 0 Å². The molecule has 0 spiro atoms. The van der Waals surface area contributed by atoms with E-state index >= 15 is 0 Å². The lowest BCUT2D eigenvalue weighted by atomic mass is 10.0. The molecule has 2 aliphatic carbocycles. The average Bonchev–Trinajstić information content (AvgIpc) is 3.15. The van der Waals surface area contributed by atoms with E-state index in [4.69, 9.17) is 0 Å². The van der Waals surface area contributed by atoms with Crippen molar-refractivity contribution in [2.45, 2.75) is 38.2 Å². The van der Waals surface area contributed by atoms with Crippen LogP contribution in [0.2, 0.25) is 0 Å². The predicted octanol–water partition coefficient (Wildman–Crippen LogP) is 7.40. The molecule has 0 saturated heterocycles. The quantitative estimate of drug-likeness (QED) is 0.525. The standard InChI is InChI=1S/C26H30S/c1-17-18(2)20(4)25(19(17)3)27(5,6)26-23-15-11-10-14-22(23)16-24(26)21-12-8-7-9-13-21/h7-16,25-26H,1-6H3. The first-order valence-corrected chi connectivity index (χ1v) is 12.3. The van der Waals surface area contributed by atoms with E-state index in [0.717, 1.165) is 0 Å². The average molecular weight is 375 g/mol.